The first kappa shape index (κ1) is 17.6. The minimum Gasteiger partial charge on any atom is -0.342 e. The second-order valence-electron chi connectivity index (χ2n) is 7.53. The summed E-state index contributed by atoms with van der Waals surface area (Å²) in [6.07, 6.45) is 3.82. The Bertz CT molecular complexity index is 792. The topological polar surface area (TPSA) is 46.3 Å². The number of nitrogens with zero attached hydrogens (tertiary/aromatic N) is 1. The van der Waals surface area contributed by atoms with Crippen LogP contribution in [0.25, 0.3) is 11.1 Å². The van der Waals surface area contributed by atoms with Gasteiger partial charge in [-0.2, -0.15) is 0 Å². The number of amides is 1. The summed E-state index contributed by atoms with van der Waals surface area (Å²) in [6, 6.07) is 16.6. The molecule has 3 atom stereocenters. The number of carbonyl (C=O) groups is 1. The molecule has 0 bridgehead atoms. The fraction of sp³-hybridized carbons (Fsp3) is 0.409. The highest BCUT2D eigenvalue weighted by molar-refractivity contribution is 6.32. The van der Waals surface area contributed by atoms with E-state index in [-0.39, 0.29) is 23.8 Å². The summed E-state index contributed by atoms with van der Waals surface area (Å²) in [6.45, 7) is 1.63. The zero-order valence-corrected chi connectivity index (χ0v) is 15.7. The number of halogens is 1. The number of hydrogen-bond acceptors (Lipinski definition) is 2. The highest BCUT2D eigenvalue weighted by atomic mass is 35.5. The van der Waals surface area contributed by atoms with E-state index < -0.39 is 0 Å². The molecule has 0 spiro atoms. The fourth-order valence-electron chi connectivity index (χ4n) is 4.15. The highest BCUT2D eigenvalue weighted by Crippen LogP contribution is 2.53. The van der Waals surface area contributed by atoms with E-state index in [2.05, 4.69) is 18.2 Å². The molecule has 1 amide bonds. The molecule has 2 fully saturated rings. The monoisotopic (exact) mass is 368 g/mol. The van der Waals surface area contributed by atoms with E-state index in [0.29, 0.717) is 0 Å². The number of carbonyl (C=O) groups excluding carboxylic acids is 1. The second kappa shape index (κ2) is 7.42. The molecule has 3 nitrogen and oxygen atoms in total. The van der Waals surface area contributed by atoms with Gasteiger partial charge in [-0.05, 0) is 54.4 Å². The van der Waals surface area contributed by atoms with Crippen molar-refractivity contribution in [2.45, 2.75) is 37.6 Å². The van der Waals surface area contributed by atoms with Crippen LogP contribution in [-0.4, -0.2) is 29.9 Å². The van der Waals surface area contributed by atoms with Crippen molar-refractivity contribution < 1.29 is 4.79 Å². The van der Waals surface area contributed by atoms with Gasteiger partial charge in [0.05, 0.1) is 0 Å². The average Bonchev–Trinajstić information content (AvgIpc) is 3.46. The quantitative estimate of drug-likeness (QED) is 0.869. The van der Waals surface area contributed by atoms with E-state index in [1.165, 1.54) is 0 Å². The van der Waals surface area contributed by atoms with Crippen LogP contribution in [0.15, 0.2) is 48.5 Å². The lowest BCUT2D eigenvalue weighted by Crippen LogP contribution is -2.34. The van der Waals surface area contributed by atoms with Gasteiger partial charge in [-0.1, -0.05) is 54.1 Å². The lowest BCUT2D eigenvalue weighted by molar-refractivity contribution is -0.132. The molecule has 136 valence electrons. The Hall–Kier alpha value is -1.84. The van der Waals surface area contributed by atoms with Gasteiger partial charge < -0.3 is 10.6 Å². The van der Waals surface area contributed by atoms with Gasteiger partial charge in [0.25, 0.3) is 0 Å². The van der Waals surface area contributed by atoms with Crippen LogP contribution in [0.1, 0.15) is 37.2 Å². The van der Waals surface area contributed by atoms with Crippen molar-refractivity contribution in [3.8, 4) is 11.1 Å². The van der Waals surface area contributed by atoms with Gasteiger partial charge >= 0.3 is 0 Å². The second-order valence-corrected chi connectivity index (χ2v) is 7.94. The van der Waals surface area contributed by atoms with Crippen LogP contribution in [0.2, 0.25) is 5.02 Å². The summed E-state index contributed by atoms with van der Waals surface area (Å²) >= 11 is 6.57. The maximum absolute atomic E-state index is 13.0. The van der Waals surface area contributed by atoms with Crippen LogP contribution in [-0.2, 0) is 4.79 Å². The predicted molar refractivity (Wildman–Crippen MR) is 106 cm³/mol. The summed E-state index contributed by atoms with van der Waals surface area (Å²) in [5.74, 6) is 0.568. The third kappa shape index (κ3) is 3.51. The van der Waals surface area contributed by atoms with E-state index in [0.717, 1.165) is 60.5 Å². The Morgan fingerprint density at radius 2 is 1.85 bits per heavy atom. The molecular formula is C22H25ClN2O. The SMILES string of the molecule is NC1CCCN(C(=O)C2CC2c2c(Cl)cccc2-c2ccccc2)CC1. The molecule has 4 rings (SSSR count). The van der Waals surface area contributed by atoms with Crippen molar-refractivity contribution in [2.75, 3.05) is 13.1 Å². The van der Waals surface area contributed by atoms with Gasteiger partial charge in [-0.3, -0.25) is 4.79 Å². The molecule has 2 aliphatic rings. The Kier molecular flexibility index (Phi) is 5.01. The molecule has 1 aliphatic carbocycles. The minimum absolute atomic E-state index is 0.0617. The molecule has 2 N–H and O–H groups in total. The van der Waals surface area contributed by atoms with Gasteiger partial charge in [-0.25, -0.2) is 0 Å². The Balaban J connectivity index is 1.56. The summed E-state index contributed by atoms with van der Waals surface area (Å²) in [5, 5.41) is 0.768. The number of hydrogen-bond donors (Lipinski definition) is 1. The van der Waals surface area contributed by atoms with Crippen LogP contribution in [0.5, 0.6) is 0 Å². The van der Waals surface area contributed by atoms with E-state index in [9.17, 15) is 4.79 Å². The van der Waals surface area contributed by atoms with E-state index >= 15 is 0 Å². The van der Waals surface area contributed by atoms with Crippen molar-refractivity contribution in [2.24, 2.45) is 11.7 Å². The van der Waals surface area contributed by atoms with Crippen LogP contribution >= 0.6 is 11.6 Å². The number of benzene rings is 2. The van der Waals surface area contributed by atoms with Crippen molar-refractivity contribution in [1.82, 2.24) is 4.90 Å². The van der Waals surface area contributed by atoms with Crippen molar-refractivity contribution in [3.63, 3.8) is 0 Å². The van der Waals surface area contributed by atoms with E-state index in [1.807, 2.05) is 35.2 Å². The van der Waals surface area contributed by atoms with Crippen LogP contribution < -0.4 is 5.73 Å². The number of rotatable bonds is 3. The van der Waals surface area contributed by atoms with Gasteiger partial charge in [0, 0.05) is 30.1 Å². The van der Waals surface area contributed by atoms with Gasteiger partial charge in [0.1, 0.15) is 0 Å². The van der Waals surface area contributed by atoms with Crippen LogP contribution in [0, 0.1) is 5.92 Å². The molecule has 0 radical (unpaired) electrons. The average molecular weight is 369 g/mol. The molecule has 1 saturated heterocycles. The molecular weight excluding hydrogens is 344 g/mol. The molecule has 26 heavy (non-hydrogen) atoms. The standard InChI is InChI=1S/C22H25ClN2O/c23-20-10-4-9-17(15-6-2-1-3-7-15)21(20)18-14-19(18)22(26)25-12-5-8-16(24)11-13-25/h1-4,6-7,9-10,16,18-19H,5,8,11-14,24H2. The minimum atomic E-state index is 0.0617. The number of likely N-dealkylation sites (tertiary alicyclic amines) is 1. The summed E-state index contributed by atoms with van der Waals surface area (Å²) < 4.78 is 0. The summed E-state index contributed by atoms with van der Waals surface area (Å²) in [4.78, 5) is 15.0. The molecule has 1 saturated carbocycles. The lowest BCUT2D eigenvalue weighted by Gasteiger charge is -2.21. The van der Waals surface area contributed by atoms with E-state index in [1.54, 1.807) is 0 Å². The molecule has 3 unspecified atom stereocenters. The first-order valence-electron chi connectivity index (χ1n) is 9.53. The molecule has 0 aromatic heterocycles. The van der Waals surface area contributed by atoms with Gasteiger partial charge in [0.2, 0.25) is 5.91 Å². The third-order valence-corrected chi connectivity index (χ3v) is 6.03. The Morgan fingerprint density at radius 1 is 1.04 bits per heavy atom. The molecule has 1 aliphatic heterocycles. The highest BCUT2D eigenvalue weighted by Gasteiger charge is 2.47. The summed E-state index contributed by atoms with van der Waals surface area (Å²) in [7, 11) is 0. The van der Waals surface area contributed by atoms with Crippen molar-refractivity contribution >= 4 is 17.5 Å². The fourth-order valence-corrected chi connectivity index (χ4v) is 4.46. The Labute approximate surface area is 160 Å². The summed E-state index contributed by atoms with van der Waals surface area (Å²) in [5.41, 5.74) is 9.49. The number of nitrogens with two attached hydrogens (primary N) is 1. The van der Waals surface area contributed by atoms with Crippen LogP contribution in [0.3, 0.4) is 0 Å². The molecule has 2 aromatic rings. The lowest BCUT2D eigenvalue weighted by atomic mass is 9.95. The van der Waals surface area contributed by atoms with Crippen molar-refractivity contribution in [1.29, 1.82) is 0 Å². The largest absolute Gasteiger partial charge is 0.342 e. The zero-order chi connectivity index (χ0) is 18.1. The third-order valence-electron chi connectivity index (χ3n) is 5.70. The van der Waals surface area contributed by atoms with Crippen molar-refractivity contribution in [3.05, 3.63) is 59.1 Å². The Morgan fingerprint density at radius 3 is 2.65 bits per heavy atom. The van der Waals surface area contributed by atoms with Gasteiger partial charge in [-0.15, -0.1) is 0 Å². The normalized spacial score (nSPS) is 25.6. The van der Waals surface area contributed by atoms with Crippen LogP contribution in [0.4, 0.5) is 0 Å². The molecule has 4 heteroatoms. The molecule has 2 aromatic carbocycles. The maximum Gasteiger partial charge on any atom is 0.226 e. The first-order valence-corrected chi connectivity index (χ1v) is 9.91. The zero-order valence-electron chi connectivity index (χ0n) is 14.9. The first-order chi connectivity index (χ1) is 12.6. The van der Waals surface area contributed by atoms with E-state index in [4.69, 9.17) is 17.3 Å². The smallest absolute Gasteiger partial charge is 0.226 e. The predicted octanol–water partition coefficient (Wildman–Crippen LogP) is 4.45. The molecule has 1 heterocycles. The van der Waals surface area contributed by atoms with Gasteiger partial charge in [0.15, 0.2) is 0 Å². The maximum atomic E-state index is 13.0.